The molecule has 0 N–H and O–H groups in total. The van der Waals surface area contributed by atoms with Crippen LogP contribution in [0.3, 0.4) is 0 Å². The molecule has 0 saturated heterocycles. The van der Waals surface area contributed by atoms with Crippen molar-refractivity contribution in [1.82, 2.24) is 15.0 Å². The molecular weight excluding hydrogens is 190 g/mol. The maximum Gasteiger partial charge on any atom is 0.185 e. The zero-order chi connectivity index (χ0) is 10.4. The molecule has 1 heterocycles. The minimum absolute atomic E-state index is 0.251. The van der Waals surface area contributed by atoms with Gasteiger partial charge in [-0.3, -0.25) is 4.79 Å². The van der Waals surface area contributed by atoms with E-state index in [1.54, 1.807) is 17.9 Å². The van der Waals surface area contributed by atoms with Gasteiger partial charge in [0.15, 0.2) is 5.78 Å². The van der Waals surface area contributed by atoms with Crippen molar-refractivity contribution in [3.8, 4) is 0 Å². The van der Waals surface area contributed by atoms with Crippen LogP contribution in [0.5, 0.6) is 0 Å². The van der Waals surface area contributed by atoms with Gasteiger partial charge in [-0.15, -0.1) is 5.10 Å². The van der Waals surface area contributed by atoms with Crippen molar-refractivity contribution in [1.29, 1.82) is 0 Å². The van der Waals surface area contributed by atoms with Crippen molar-refractivity contribution >= 4 is 5.78 Å². The van der Waals surface area contributed by atoms with Crippen molar-refractivity contribution in [2.45, 2.75) is 25.7 Å². The molecule has 0 radical (unpaired) electrons. The second-order valence-electron chi connectivity index (χ2n) is 4.89. The topological polar surface area (TPSA) is 47.8 Å². The second kappa shape index (κ2) is 3.15. The summed E-state index contributed by atoms with van der Waals surface area (Å²) >= 11 is 0. The number of hydrogen-bond acceptors (Lipinski definition) is 3. The second-order valence-corrected chi connectivity index (χ2v) is 4.89. The Morgan fingerprint density at radius 1 is 1.47 bits per heavy atom. The molecule has 2 aliphatic rings. The Morgan fingerprint density at radius 3 is 2.87 bits per heavy atom. The molecule has 0 aromatic carbocycles. The first kappa shape index (κ1) is 9.07. The third-order valence-electron chi connectivity index (χ3n) is 4.04. The zero-order valence-corrected chi connectivity index (χ0v) is 8.89. The Kier molecular flexibility index (Phi) is 1.90. The minimum Gasteiger partial charge on any atom is -0.292 e. The molecule has 0 aliphatic heterocycles. The van der Waals surface area contributed by atoms with E-state index in [-0.39, 0.29) is 11.7 Å². The molecule has 0 amide bonds. The predicted molar refractivity (Wildman–Crippen MR) is 54.3 cm³/mol. The van der Waals surface area contributed by atoms with Crippen LogP contribution in [0.25, 0.3) is 0 Å². The molecule has 1 aromatic rings. The Morgan fingerprint density at radius 2 is 2.33 bits per heavy atom. The largest absolute Gasteiger partial charge is 0.292 e. The fraction of sp³-hybridized carbons (Fsp3) is 0.727. The number of carbonyl (C=O) groups excluding carboxylic acids is 1. The molecule has 2 fully saturated rings. The highest BCUT2D eigenvalue weighted by Crippen LogP contribution is 2.49. The van der Waals surface area contributed by atoms with Gasteiger partial charge in [-0.2, -0.15) is 0 Å². The highest BCUT2D eigenvalue weighted by Gasteiger charge is 2.43. The normalized spacial score (nSPS) is 33.5. The van der Waals surface area contributed by atoms with Gasteiger partial charge < -0.3 is 0 Å². The van der Waals surface area contributed by atoms with Gasteiger partial charge in [0.05, 0.1) is 6.20 Å². The maximum absolute atomic E-state index is 12.2. The van der Waals surface area contributed by atoms with Gasteiger partial charge >= 0.3 is 0 Å². The van der Waals surface area contributed by atoms with Gasteiger partial charge in [0.1, 0.15) is 5.69 Å². The number of Topliss-reactive ketones (excluding diaryl/α,β-unsaturated/α-hetero) is 1. The SMILES string of the molecule is Cn1nncc1C(=O)C1CC2CCC1C2. The molecule has 3 rings (SSSR count). The molecule has 3 atom stereocenters. The number of ketones is 1. The Balaban J connectivity index is 1.84. The maximum atomic E-state index is 12.2. The van der Waals surface area contributed by atoms with E-state index in [0.29, 0.717) is 11.6 Å². The number of carbonyl (C=O) groups is 1. The van der Waals surface area contributed by atoms with Crippen molar-refractivity contribution in [2.24, 2.45) is 24.8 Å². The molecule has 3 unspecified atom stereocenters. The molecule has 2 aliphatic carbocycles. The van der Waals surface area contributed by atoms with Gasteiger partial charge in [-0.25, -0.2) is 4.68 Å². The summed E-state index contributed by atoms with van der Waals surface area (Å²) in [5, 5.41) is 7.59. The fourth-order valence-electron chi connectivity index (χ4n) is 3.27. The lowest BCUT2D eigenvalue weighted by Gasteiger charge is -2.19. The smallest absolute Gasteiger partial charge is 0.185 e. The summed E-state index contributed by atoms with van der Waals surface area (Å²) in [5.74, 6) is 1.96. The summed E-state index contributed by atoms with van der Waals surface area (Å²) in [6, 6.07) is 0. The molecule has 0 spiro atoms. The Labute approximate surface area is 88.7 Å². The number of nitrogens with zero attached hydrogens (tertiary/aromatic N) is 3. The van der Waals surface area contributed by atoms with Gasteiger partial charge in [0, 0.05) is 13.0 Å². The summed E-state index contributed by atoms with van der Waals surface area (Å²) < 4.78 is 1.59. The van der Waals surface area contributed by atoms with Crippen LogP contribution >= 0.6 is 0 Å². The van der Waals surface area contributed by atoms with E-state index in [0.717, 1.165) is 12.3 Å². The fourth-order valence-corrected chi connectivity index (χ4v) is 3.27. The molecule has 15 heavy (non-hydrogen) atoms. The molecule has 2 bridgehead atoms. The van der Waals surface area contributed by atoms with Crippen LogP contribution in [-0.4, -0.2) is 20.8 Å². The van der Waals surface area contributed by atoms with E-state index < -0.39 is 0 Å². The van der Waals surface area contributed by atoms with E-state index in [9.17, 15) is 4.79 Å². The lowest BCUT2D eigenvalue weighted by Crippen LogP contribution is -2.23. The summed E-state index contributed by atoms with van der Waals surface area (Å²) in [4.78, 5) is 12.2. The molecular formula is C11H15N3O. The number of hydrogen-bond donors (Lipinski definition) is 0. The van der Waals surface area contributed by atoms with Crippen LogP contribution in [0.4, 0.5) is 0 Å². The van der Waals surface area contributed by atoms with Gasteiger partial charge in [-0.05, 0) is 31.1 Å². The van der Waals surface area contributed by atoms with Crippen LogP contribution in [0.15, 0.2) is 6.20 Å². The quantitative estimate of drug-likeness (QED) is 0.686. The van der Waals surface area contributed by atoms with Crippen molar-refractivity contribution in [3.63, 3.8) is 0 Å². The summed E-state index contributed by atoms with van der Waals surface area (Å²) in [6.45, 7) is 0. The first-order valence-corrected chi connectivity index (χ1v) is 5.64. The van der Waals surface area contributed by atoms with Crippen molar-refractivity contribution in [2.75, 3.05) is 0 Å². The van der Waals surface area contributed by atoms with Gasteiger partial charge in [-0.1, -0.05) is 11.6 Å². The predicted octanol–water partition coefficient (Wildman–Crippen LogP) is 1.43. The Hall–Kier alpha value is -1.19. The summed E-state index contributed by atoms with van der Waals surface area (Å²) in [5.41, 5.74) is 0.674. The van der Waals surface area contributed by atoms with Crippen molar-refractivity contribution < 1.29 is 4.79 Å². The molecule has 4 nitrogen and oxygen atoms in total. The highest BCUT2D eigenvalue weighted by molar-refractivity contribution is 5.96. The van der Waals surface area contributed by atoms with Crippen LogP contribution < -0.4 is 0 Å². The third-order valence-corrected chi connectivity index (χ3v) is 4.04. The molecule has 1 aromatic heterocycles. The number of fused-ring (bicyclic) bond motifs is 2. The van der Waals surface area contributed by atoms with Crippen LogP contribution in [0, 0.1) is 17.8 Å². The summed E-state index contributed by atoms with van der Waals surface area (Å²) in [6.07, 6.45) is 6.52. The lowest BCUT2D eigenvalue weighted by molar-refractivity contribution is 0.0865. The highest BCUT2D eigenvalue weighted by atomic mass is 16.1. The van der Waals surface area contributed by atoms with E-state index in [1.165, 1.54) is 19.3 Å². The molecule has 80 valence electrons. The Bertz CT molecular complexity index is 398. The van der Waals surface area contributed by atoms with Crippen LogP contribution in [0.1, 0.15) is 36.2 Å². The summed E-state index contributed by atoms with van der Waals surface area (Å²) in [7, 11) is 1.79. The van der Waals surface area contributed by atoms with Crippen LogP contribution in [0.2, 0.25) is 0 Å². The minimum atomic E-state index is 0.251. The monoisotopic (exact) mass is 205 g/mol. The van der Waals surface area contributed by atoms with E-state index in [4.69, 9.17) is 0 Å². The lowest BCUT2D eigenvalue weighted by atomic mass is 9.85. The zero-order valence-electron chi connectivity index (χ0n) is 8.89. The van der Waals surface area contributed by atoms with E-state index in [1.807, 2.05) is 0 Å². The van der Waals surface area contributed by atoms with Crippen molar-refractivity contribution in [3.05, 3.63) is 11.9 Å². The molecule has 2 saturated carbocycles. The van der Waals surface area contributed by atoms with E-state index in [2.05, 4.69) is 10.3 Å². The molecule has 4 heteroatoms. The number of rotatable bonds is 2. The van der Waals surface area contributed by atoms with Gasteiger partial charge in [0.2, 0.25) is 0 Å². The number of aromatic nitrogens is 3. The first-order chi connectivity index (χ1) is 7.25. The van der Waals surface area contributed by atoms with Crippen LogP contribution in [-0.2, 0) is 7.05 Å². The van der Waals surface area contributed by atoms with E-state index >= 15 is 0 Å². The number of aryl methyl sites for hydroxylation is 1. The standard InChI is InChI=1S/C11H15N3O/c1-14-10(6-12-13-14)11(15)9-5-7-2-3-8(9)4-7/h6-9H,2-5H2,1H3. The average Bonchev–Trinajstić information content (AvgIpc) is 2.91. The first-order valence-electron chi connectivity index (χ1n) is 5.64. The third kappa shape index (κ3) is 1.31. The average molecular weight is 205 g/mol. The van der Waals surface area contributed by atoms with Gasteiger partial charge in [0.25, 0.3) is 0 Å².